The highest BCUT2D eigenvalue weighted by molar-refractivity contribution is 5.65. The topological polar surface area (TPSA) is 105 Å². The number of allylic oxidation sites excluding steroid dienone is 6. The van der Waals surface area contributed by atoms with Gasteiger partial charge in [-0.1, -0.05) is 6.92 Å². The Hall–Kier alpha value is -2.76. The predicted molar refractivity (Wildman–Crippen MR) is 93.5 cm³/mol. The largest absolute Gasteiger partial charge is 0.507 e. The molecule has 0 radical (unpaired) electrons. The van der Waals surface area contributed by atoms with E-state index in [0.29, 0.717) is 22.3 Å². The molecule has 0 amide bonds. The summed E-state index contributed by atoms with van der Waals surface area (Å²) in [6.45, 7) is 3.77. The van der Waals surface area contributed by atoms with Gasteiger partial charge in [-0.3, -0.25) is 0 Å². The highest BCUT2D eigenvalue weighted by atomic mass is 16.3. The fourth-order valence-electron chi connectivity index (χ4n) is 2.57. The van der Waals surface area contributed by atoms with Crippen molar-refractivity contribution in [1.29, 1.82) is 0 Å². The summed E-state index contributed by atoms with van der Waals surface area (Å²) in [6.07, 6.45) is 4.13. The Kier molecular flexibility index (Phi) is 4.97. The first-order valence-corrected chi connectivity index (χ1v) is 7.82. The summed E-state index contributed by atoms with van der Waals surface area (Å²) in [4.78, 5) is 0. The zero-order valence-corrected chi connectivity index (χ0v) is 14.4. The van der Waals surface area contributed by atoms with Gasteiger partial charge in [0.1, 0.15) is 23.0 Å². The van der Waals surface area contributed by atoms with E-state index in [9.17, 15) is 20.4 Å². The summed E-state index contributed by atoms with van der Waals surface area (Å²) in [5.41, 5.74) is 3.01. The maximum atomic E-state index is 10.1. The number of aliphatic hydroxyl groups is 4. The highest BCUT2D eigenvalue weighted by Gasteiger charge is 2.34. The van der Waals surface area contributed by atoms with Crippen LogP contribution in [0.4, 0.5) is 0 Å². The standard InChI is InChI=1S/C18H24N2O4/c1-5-10(20-4)7-12-17(23)14(18(12)24)8-13-15(21)11(16(13)22)6-9(2)19-3/h6-7,19-24H,5,8H2,1-4H3/b9-6-,10-7-. The Morgan fingerprint density at radius 2 is 1.33 bits per heavy atom. The van der Waals surface area contributed by atoms with Crippen LogP contribution < -0.4 is 10.6 Å². The summed E-state index contributed by atoms with van der Waals surface area (Å²) >= 11 is 0. The van der Waals surface area contributed by atoms with E-state index in [1.165, 1.54) is 0 Å². The molecule has 0 aromatic rings. The summed E-state index contributed by atoms with van der Waals surface area (Å²) in [5.74, 6) is -0.0817. The SMILES string of the molecule is CC/C(=C/C1=C(O)C(CC2=C(O)C(/C=C(/C)NC)=C2O)=C1O)NC. The third kappa shape index (κ3) is 2.87. The summed E-state index contributed by atoms with van der Waals surface area (Å²) in [5, 5.41) is 46.3. The highest BCUT2D eigenvalue weighted by Crippen LogP contribution is 2.43. The summed E-state index contributed by atoms with van der Waals surface area (Å²) in [6, 6.07) is 0. The van der Waals surface area contributed by atoms with E-state index in [4.69, 9.17) is 0 Å². The Morgan fingerprint density at radius 1 is 0.833 bits per heavy atom. The van der Waals surface area contributed by atoms with Crippen molar-refractivity contribution in [3.05, 3.63) is 68.9 Å². The van der Waals surface area contributed by atoms with Gasteiger partial charge in [0, 0.05) is 43.1 Å². The van der Waals surface area contributed by atoms with E-state index >= 15 is 0 Å². The van der Waals surface area contributed by atoms with Gasteiger partial charge in [0.2, 0.25) is 0 Å². The molecule has 0 heterocycles. The van der Waals surface area contributed by atoms with Gasteiger partial charge in [-0.15, -0.1) is 0 Å². The summed E-state index contributed by atoms with van der Waals surface area (Å²) < 4.78 is 0. The number of aliphatic hydroxyl groups excluding tert-OH is 4. The molecule has 6 nitrogen and oxygen atoms in total. The van der Waals surface area contributed by atoms with Crippen molar-refractivity contribution in [2.45, 2.75) is 26.7 Å². The van der Waals surface area contributed by atoms with E-state index in [-0.39, 0.29) is 29.5 Å². The average Bonchev–Trinajstić information content (AvgIpc) is 2.60. The second-order valence-electron chi connectivity index (χ2n) is 5.71. The van der Waals surface area contributed by atoms with Crippen LogP contribution in [0.1, 0.15) is 26.7 Å². The van der Waals surface area contributed by atoms with Crippen molar-refractivity contribution in [1.82, 2.24) is 10.6 Å². The predicted octanol–water partition coefficient (Wildman–Crippen LogP) is 3.29. The van der Waals surface area contributed by atoms with Gasteiger partial charge in [-0.05, 0) is 25.5 Å². The monoisotopic (exact) mass is 332 g/mol. The fourth-order valence-corrected chi connectivity index (χ4v) is 2.57. The molecule has 0 saturated heterocycles. The molecule has 2 aliphatic carbocycles. The third-order valence-electron chi connectivity index (χ3n) is 4.29. The van der Waals surface area contributed by atoms with Crippen molar-refractivity contribution in [3.63, 3.8) is 0 Å². The van der Waals surface area contributed by atoms with Gasteiger partial charge in [0.05, 0.1) is 11.1 Å². The van der Waals surface area contributed by atoms with Crippen LogP contribution in [-0.4, -0.2) is 34.5 Å². The van der Waals surface area contributed by atoms with Crippen LogP contribution >= 0.6 is 0 Å². The maximum absolute atomic E-state index is 10.1. The average molecular weight is 332 g/mol. The number of nitrogens with one attached hydrogen (secondary N) is 2. The Morgan fingerprint density at radius 3 is 1.71 bits per heavy atom. The van der Waals surface area contributed by atoms with Crippen molar-refractivity contribution < 1.29 is 20.4 Å². The molecular weight excluding hydrogens is 308 g/mol. The van der Waals surface area contributed by atoms with Gasteiger partial charge in [-0.25, -0.2) is 0 Å². The molecule has 24 heavy (non-hydrogen) atoms. The molecule has 0 aromatic carbocycles. The fraction of sp³-hybridized carbons (Fsp3) is 0.333. The Labute approximate surface area is 141 Å². The molecule has 0 saturated carbocycles. The van der Waals surface area contributed by atoms with Crippen LogP contribution in [0.3, 0.4) is 0 Å². The number of hydrogen-bond acceptors (Lipinski definition) is 6. The molecule has 6 heteroatoms. The lowest BCUT2D eigenvalue weighted by atomic mass is 9.82. The quantitative estimate of drug-likeness (QED) is 0.427. The maximum Gasteiger partial charge on any atom is 0.133 e. The third-order valence-corrected chi connectivity index (χ3v) is 4.29. The molecule has 0 fully saturated rings. The van der Waals surface area contributed by atoms with Gasteiger partial charge >= 0.3 is 0 Å². The zero-order valence-electron chi connectivity index (χ0n) is 14.4. The van der Waals surface area contributed by atoms with Crippen LogP contribution in [0.2, 0.25) is 0 Å². The minimum atomic E-state index is -0.0244. The number of hydrogen-bond donors (Lipinski definition) is 6. The molecule has 0 atom stereocenters. The molecule has 0 bridgehead atoms. The second kappa shape index (κ2) is 6.78. The van der Waals surface area contributed by atoms with Crippen molar-refractivity contribution in [2.24, 2.45) is 0 Å². The van der Waals surface area contributed by atoms with Crippen LogP contribution in [0, 0.1) is 0 Å². The van der Waals surface area contributed by atoms with Crippen molar-refractivity contribution >= 4 is 0 Å². The van der Waals surface area contributed by atoms with E-state index in [2.05, 4.69) is 10.6 Å². The lowest BCUT2D eigenvalue weighted by Crippen LogP contribution is -2.18. The Balaban J connectivity index is 2.15. The Bertz CT molecular complexity index is 743. The molecule has 6 N–H and O–H groups in total. The molecule has 2 rings (SSSR count). The van der Waals surface area contributed by atoms with Gasteiger partial charge in [0.25, 0.3) is 0 Å². The van der Waals surface area contributed by atoms with Crippen molar-refractivity contribution in [2.75, 3.05) is 14.1 Å². The number of rotatable bonds is 7. The van der Waals surface area contributed by atoms with Gasteiger partial charge < -0.3 is 31.1 Å². The molecular formula is C18H24N2O4. The molecule has 0 spiro atoms. The minimum absolute atomic E-state index is 0.0165. The first kappa shape index (κ1) is 17.6. The lowest BCUT2D eigenvalue weighted by molar-refractivity contribution is 0.332. The van der Waals surface area contributed by atoms with E-state index in [0.717, 1.165) is 17.8 Å². The van der Waals surface area contributed by atoms with Gasteiger partial charge in [0.15, 0.2) is 0 Å². The summed E-state index contributed by atoms with van der Waals surface area (Å²) in [7, 11) is 3.52. The lowest BCUT2D eigenvalue weighted by Gasteiger charge is -2.27. The zero-order chi connectivity index (χ0) is 18.0. The first-order chi connectivity index (χ1) is 11.3. The van der Waals surface area contributed by atoms with Gasteiger partial charge in [-0.2, -0.15) is 0 Å². The van der Waals surface area contributed by atoms with E-state index < -0.39 is 0 Å². The second-order valence-corrected chi connectivity index (χ2v) is 5.71. The molecule has 0 unspecified atom stereocenters. The smallest absolute Gasteiger partial charge is 0.133 e. The van der Waals surface area contributed by atoms with Crippen LogP contribution in [-0.2, 0) is 0 Å². The van der Waals surface area contributed by atoms with E-state index in [1.807, 2.05) is 13.8 Å². The van der Waals surface area contributed by atoms with Crippen LogP contribution in [0.25, 0.3) is 0 Å². The molecule has 0 aromatic heterocycles. The van der Waals surface area contributed by atoms with Crippen LogP contribution in [0.5, 0.6) is 0 Å². The first-order valence-electron chi connectivity index (χ1n) is 7.82. The van der Waals surface area contributed by atoms with E-state index in [1.54, 1.807) is 26.2 Å². The minimum Gasteiger partial charge on any atom is -0.507 e. The normalized spacial score (nSPS) is 18.8. The van der Waals surface area contributed by atoms with Crippen molar-refractivity contribution in [3.8, 4) is 0 Å². The molecule has 2 aliphatic rings. The molecule has 130 valence electrons. The molecule has 0 aliphatic heterocycles. The van der Waals surface area contributed by atoms with Crippen LogP contribution in [0.15, 0.2) is 68.9 Å².